The molecule has 2 aliphatic rings. The fourth-order valence-corrected chi connectivity index (χ4v) is 4.65. The van der Waals surface area contributed by atoms with Crippen molar-refractivity contribution in [1.29, 1.82) is 0 Å². The molecule has 1 atom stereocenters. The number of hydrogen-bond donors (Lipinski definition) is 0. The predicted molar refractivity (Wildman–Crippen MR) is 101 cm³/mol. The minimum absolute atomic E-state index is 0.0716. The Morgan fingerprint density at radius 1 is 1.19 bits per heavy atom. The minimum atomic E-state index is -0.0716. The molecule has 8 nitrogen and oxygen atoms in total. The van der Waals surface area contributed by atoms with Crippen LogP contribution in [-0.4, -0.2) is 47.0 Å². The van der Waals surface area contributed by atoms with Crippen LogP contribution in [-0.2, 0) is 13.1 Å². The van der Waals surface area contributed by atoms with Gasteiger partial charge in [0.25, 0.3) is 5.56 Å². The van der Waals surface area contributed by atoms with Gasteiger partial charge in [-0.05, 0) is 38.3 Å². The molecule has 1 unspecified atom stereocenters. The van der Waals surface area contributed by atoms with Crippen molar-refractivity contribution in [3.63, 3.8) is 0 Å². The van der Waals surface area contributed by atoms with Crippen molar-refractivity contribution >= 4 is 11.3 Å². The summed E-state index contributed by atoms with van der Waals surface area (Å²) >= 11 is 1.74. The fourth-order valence-electron chi connectivity index (χ4n) is 3.61. The van der Waals surface area contributed by atoms with E-state index in [2.05, 4.69) is 25.2 Å². The van der Waals surface area contributed by atoms with Crippen LogP contribution in [0.15, 0.2) is 35.6 Å². The van der Waals surface area contributed by atoms with E-state index >= 15 is 0 Å². The molecule has 1 saturated carbocycles. The fraction of sp³-hybridized carbons (Fsp3) is 0.500. The Labute approximate surface area is 160 Å². The zero-order chi connectivity index (χ0) is 18.2. The van der Waals surface area contributed by atoms with Crippen LogP contribution < -0.4 is 5.56 Å². The Bertz CT molecular complexity index is 976. The highest BCUT2D eigenvalue weighted by molar-refractivity contribution is 7.11. The molecule has 1 aliphatic heterocycles. The van der Waals surface area contributed by atoms with Crippen LogP contribution in [0.25, 0.3) is 5.82 Å². The van der Waals surface area contributed by atoms with Gasteiger partial charge in [0.15, 0.2) is 5.82 Å². The number of rotatable bonds is 6. The number of likely N-dealkylation sites (tertiary alicyclic amines) is 1. The van der Waals surface area contributed by atoms with Gasteiger partial charge in [-0.1, -0.05) is 11.3 Å². The van der Waals surface area contributed by atoms with E-state index < -0.39 is 0 Å². The first-order chi connectivity index (χ1) is 13.3. The van der Waals surface area contributed by atoms with Gasteiger partial charge in [-0.25, -0.2) is 9.67 Å². The molecule has 0 radical (unpaired) electrons. The first kappa shape index (κ1) is 16.8. The van der Waals surface area contributed by atoms with Crippen LogP contribution >= 0.6 is 11.3 Å². The largest absolute Gasteiger partial charge is 0.292 e. The Hall–Kier alpha value is -2.39. The molecule has 4 heterocycles. The van der Waals surface area contributed by atoms with E-state index in [1.807, 2.05) is 10.8 Å². The molecule has 0 bridgehead atoms. The van der Waals surface area contributed by atoms with E-state index in [4.69, 9.17) is 0 Å². The number of nitrogens with zero attached hydrogens (tertiary/aromatic N) is 7. The summed E-state index contributed by atoms with van der Waals surface area (Å²) in [4.78, 5) is 18.8. The molecule has 0 N–H and O–H groups in total. The molecular weight excluding hydrogens is 362 g/mol. The number of imidazole rings is 1. The van der Waals surface area contributed by atoms with Gasteiger partial charge in [-0.3, -0.25) is 14.3 Å². The van der Waals surface area contributed by atoms with Crippen LogP contribution in [0.2, 0.25) is 0 Å². The topological polar surface area (TPSA) is 81.7 Å². The van der Waals surface area contributed by atoms with Crippen LogP contribution in [0.1, 0.15) is 41.6 Å². The number of hydrogen-bond acceptors (Lipinski definition) is 7. The molecule has 1 aliphatic carbocycles. The standard InChI is InChI=1S/C18H21N7OS/c26-17-6-5-15(24-9-7-19-12-24)22-25(17)10-14-2-1-8-23(14)11-16-20-21-18(27-16)13-3-4-13/h5-7,9,12-14H,1-4,8,10-11H2. The van der Waals surface area contributed by atoms with Crippen molar-refractivity contribution in [2.75, 3.05) is 6.54 Å². The first-order valence-electron chi connectivity index (χ1n) is 9.39. The lowest BCUT2D eigenvalue weighted by molar-refractivity contribution is 0.216. The molecular formula is C18H21N7OS. The molecule has 3 aromatic heterocycles. The third kappa shape index (κ3) is 3.57. The van der Waals surface area contributed by atoms with E-state index in [1.165, 1.54) is 17.8 Å². The molecule has 2 fully saturated rings. The van der Waals surface area contributed by atoms with Crippen molar-refractivity contribution in [1.82, 2.24) is 34.4 Å². The number of aromatic nitrogens is 6. The van der Waals surface area contributed by atoms with Crippen LogP contribution in [0, 0.1) is 0 Å². The molecule has 5 rings (SSSR count). The minimum Gasteiger partial charge on any atom is -0.292 e. The SMILES string of the molecule is O=c1ccc(-n2ccnc2)nn1CC1CCCN1Cc1nnc(C2CC2)s1. The van der Waals surface area contributed by atoms with Gasteiger partial charge < -0.3 is 0 Å². The van der Waals surface area contributed by atoms with Crippen LogP contribution in [0.4, 0.5) is 0 Å². The third-order valence-electron chi connectivity index (χ3n) is 5.25. The summed E-state index contributed by atoms with van der Waals surface area (Å²) in [7, 11) is 0. The second-order valence-corrected chi connectivity index (χ2v) is 8.35. The normalized spacial score (nSPS) is 20.4. The van der Waals surface area contributed by atoms with E-state index in [9.17, 15) is 4.79 Å². The summed E-state index contributed by atoms with van der Waals surface area (Å²) in [5.74, 6) is 1.36. The molecule has 140 valence electrons. The smallest absolute Gasteiger partial charge is 0.266 e. The van der Waals surface area contributed by atoms with E-state index in [1.54, 1.807) is 40.7 Å². The molecule has 0 aromatic carbocycles. The second-order valence-electron chi connectivity index (χ2n) is 7.26. The Balaban J connectivity index is 1.31. The predicted octanol–water partition coefficient (Wildman–Crippen LogP) is 1.82. The van der Waals surface area contributed by atoms with E-state index in [0.717, 1.165) is 30.9 Å². The average Bonchev–Trinajstić information content (AvgIpc) is 3.07. The average molecular weight is 383 g/mol. The maximum Gasteiger partial charge on any atom is 0.266 e. The van der Waals surface area contributed by atoms with Gasteiger partial charge >= 0.3 is 0 Å². The van der Waals surface area contributed by atoms with Crippen molar-refractivity contribution < 1.29 is 0 Å². The highest BCUT2D eigenvalue weighted by Crippen LogP contribution is 2.41. The molecule has 0 spiro atoms. The highest BCUT2D eigenvalue weighted by Gasteiger charge is 2.30. The Morgan fingerprint density at radius 2 is 2.11 bits per heavy atom. The first-order valence-corrected chi connectivity index (χ1v) is 10.2. The summed E-state index contributed by atoms with van der Waals surface area (Å²) < 4.78 is 3.39. The van der Waals surface area contributed by atoms with Crippen molar-refractivity contribution in [3.8, 4) is 5.82 Å². The lowest BCUT2D eigenvalue weighted by Crippen LogP contribution is -2.36. The summed E-state index contributed by atoms with van der Waals surface area (Å²) in [5.41, 5.74) is -0.0716. The molecule has 0 amide bonds. The molecule has 1 saturated heterocycles. The van der Waals surface area contributed by atoms with Gasteiger partial charge in [-0.15, -0.1) is 10.2 Å². The summed E-state index contributed by atoms with van der Waals surface area (Å²) in [5, 5.41) is 15.5. The summed E-state index contributed by atoms with van der Waals surface area (Å²) in [6.07, 6.45) is 9.92. The van der Waals surface area contributed by atoms with Gasteiger partial charge in [0.2, 0.25) is 0 Å². The van der Waals surface area contributed by atoms with Gasteiger partial charge in [0.1, 0.15) is 16.3 Å². The molecule has 27 heavy (non-hydrogen) atoms. The van der Waals surface area contributed by atoms with Gasteiger partial charge in [0.05, 0.1) is 13.1 Å². The Kier molecular flexibility index (Phi) is 4.33. The highest BCUT2D eigenvalue weighted by atomic mass is 32.1. The zero-order valence-electron chi connectivity index (χ0n) is 14.9. The Morgan fingerprint density at radius 3 is 2.93 bits per heavy atom. The molecule has 9 heteroatoms. The van der Waals surface area contributed by atoms with Gasteiger partial charge in [-0.2, -0.15) is 5.10 Å². The third-order valence-corrected chi connectivity index (χ3v) is 6.32. The lowest BCUT2D eigenvalue weighted by atomic mass is 10.2. The maximum absolute atomic E-state index is 12.3. The van der Waals surface area contributed by atoms with Crippen molar-refractivity contribution in [2.45, 2.75) is 50.7 Å². The van der Waals surface area contributed by atoms with Crippen molar-refractivity contribution in [2.24, 2.45) is 0 Å². The monoisotopic (exact) mass is 383 g/mol. The van der Waals surface area contributed by atoms with Crippen molar-refractivity contribution in [3.05, 3.63) is 51.2 Å². The van der Waals surface area contributed by atoms with Crippen LogP contribution in [0.5, 0.6) is 0 Å². The molecule has 3 aromatic rings. The van der Waals surface area contributed by atoms with Crippen LogP contribution in [0.3, 0.4) is 0 Å². The van der Waals surface area contributed by atoms with Gasteiger partial charge in [0, 0.05) is 30.4 Å². The second kappa shape index (κ2) is 6.97. The summed E-state index contributed by atoms with van der Waals surface area (Å²) in [6.45, 7) is 2.43. The quantitative estimate of drug-likeness (QED) is 0.646. The van der Waals surface area contributed by atoms with E-state index in [-0.39, 0.29) is 5.56 Å². The lowest BCUT2D eigenvalue weighted by Gasteiger charge is -2.23. The maximum atomic E-state index is 12.3. The zero-order valence-corrected chi connectivity index (χ0v) is 15.8. The summed E-state index contributed by atoms with van der Waals surface area (Å²) in [6, 6.07) is 3.60. The van der Waals surface area contributed by atoms with E-state index in [0.29, 0.717) is 24.3 Å².